The van der Waals surface area contributed by atoms with Gasteiger partial charge < -0.3 is 10.4 Å². The van der Waals surface area contributed by atoms with E-state index in [1.54, 1.807) is 0 Å². The van der Waals surface area contributed by atoms with E-state index in [1.165, 1.54) is 5.56 Å². The van der Waals surface area contributed by atoms with Crippen molar-refractivity contribution in [2.75, 3.05) is 13.1 Å². The van der Waals surface area contributed by atoms with E-state index in [0.717, 1.165) is 13.0 Å². The molecule has 0 heterocycles. The molecule has 5 N–H and O–H groups in total. The molecule has 2 atom stereocenters. The van der Waals surface area contributed by atoms with Crippen LogP contribution >= 0.6 is 0 Å². The van der Waals surface area contributed by atoms with E-state index in [2.05, 4.69) is 22.9 Å². The highest BCUT2D eigenvalue weighted by molar-refractivity contribution is 5.16. The fraction of sp³-hybridized carbons (Fsp3) is 0.500. The molecular weight excluding hydrogens is 202 g/mol. The first-order valence-electron chi connectivity index (χ1n) is 5.66. The molecule has 0 aromatic heterocycles. The van der Waals surface area contributed by atoms with Crippen LogP contribution in [-0.4, -0.2) is 30.3 Å². The Hall–Kier alpha value is -0.940. The Balaban J connectivity index is 2.57. The number of hydrogen-bond acceptors (Lipinski definition) is 4. The monoisotopic (exact) mass is 223 g/mol. The molecule has 2 unspecified atom stereocenters. The molecule has 0 saturated heterocycles. The lowest BCUT2D eigenvalue weighted by molar-refractivity contribution is 0.126. The lowest BCUT2D eigenvalue weighted by Crippen LogP contribution is -2.47. The number of hydrogen-bond donors (Lipinski definition) is 4. The molecule has 4 nitrogen and oxygen atoms in total. The molecule has 16 heavy (non-hydrogen) atoms. The van der Waals surface area contributed by atoms with E-state index in [1.807, 2.05) is 25.1 Å². The van der Waals surface area contributed by atoms with Gasteiger partial charge >= 0.3 is 0 Å². The second kappa shape index (κ2) is 7.35. The summed E-state index contributed by atoms with van der Waals surface area (Å²) in [6.45, 7) is 3.25. The zero-order valence-corrected chi connectivity index (χ0v) is 9.69. The number of rotatable bonds is 7. The van der Waals surface area contributed by atoms with E-state index < -0.39 is 6.10 Å². The third-order valence-electron chi connectivity index (χ3n) is 2.56. The van der Waals surface area contributed by atoms with Gasteiger partial charge in [-0.15, -0.1) is 0 Å². The van der Waals surface area contributed by atoms with Gasteiger partial charge in [0.05, 0.1) is 6.10 Å². The minimum absolute atomic E-state index is 0.0310. The number of nitrogens with one attached hydrogen (secondary N) is 2. The smallest absolute Gasteiger partial charge is 0.0834 e. The van der Waals surface area contributed by atoms with Crippen LogP contribution in [0.5, 0.6) is 0 Å². The van der Waals surface area contributed by atoms with Gasteiger partial charge in [-0.2, -0.15) is 0 Å². The van der Waals surface area contributed by atoms with Crippen molar-refractivity contribution in [3.05, 3.63) is 35.9 Å². The SMILES string of the molecule is CCNC(Cc1ccccc1)C(O)CNN. The van der Waals surface area contributed by atoms with Crippen LogP contribution in [0, 0.1) is 0 Å². The molecule has 90 valence electrons. The lowest BCUT2D eigenvalue weighted by atomic mass is 10.0. The first kappa shape index (κ1) is 13.1. The molecule has 1 rings (SSSR count). The van der Waals surface area contributed by atoms with Crippen LogP contribution in [-0.2, 0) is 6.42 Å². The molecular formula is C12H21N3O. The molecule has 0 spiro atoms. The second-order valence-corrected chi connectivity index (χ2v) is 3.83. The van der Waals surface area contributed by atoms with Crippen molar-refractivity contribution < 1.29 is 5.11 Å². The molecule has 4 heteroatoms. The number of aliphatic hydroxyl groups excluding tert-OH is 1. The highest BCUT2D eigenvalue weighted by atomic mass is 16.3. The van der Waals surface area contributed by atoms with E-state index >= 15 is 0 Å². The van der Waals surface area contributed by atoms with Gasteiger partial charge in [-0.3, -0.25) is 11.3 Å². The zero-order chi connectivity index (χ0) is 11.8. The van der Waals surface area contributed by atoms with Gasteiger partial charge in [-0.05, 0) is 18.5 Å². The summed E-state index contributed by atoms with van der Waals surface area (Å²) in [7, 11) is 0. The highest BCUT2D eigenvalue weighted by Gasteiger charge is 2.17. The molecule has 0 aliphatic rings. The quantitative estimate of drug-likeness (QED) is 0.389. The number of benzene rings is 1. The summed E-state index contributed by atoms with van der Waals surface area (Å²) < 4.78 is 0. The predicted octanol–water partition coefficient (Wildman–Crippen LogP) is 0.0314. The van der Waals surface area contributed by atoms with Gasteiger partial charge in [0.2, 0.25) is 0 Å². The maximum absolute atomic E-state index is 9.90. The van der Waals surface area contributed by atoms with Gasteiger partial charge in [0, 0.05) is 12.6 Å². The first-order chi connectivity index (χ1) is 7.77. The van der Waals surface area contributed by atoms with Crippen LogP contribution in [0.4, 0.5) is 0 Å². The topological polar surface area (TPSA) is 70.3 Å². The Morgan fingerprint density at radius 2 is 2.00 bits per heavy atom. The summed E-state index contributed by atoms with van der Waals surface area (Å²) in [5.74, 6) is 5.22. The van der Waals surface area contributed by atoms with Gasteiger partial charge in [-0.25, -0.2) is 0 Å². The van der Waals surface area contributed by atoms with E-state index in [9.17, 15) is 5.11 Å². The minimum Gasteiger partial charge on any atom is -0.390 e. The van der Waals surface area contributed by atoms with Crippen molar-refractivity contribution in [3.63, 3.8) is 0 Å². The van der Waals surface area contributed by atoms with Gasteiger partial charge in [0.15, 0.2) is 0 Å². The summed E-state index contributed by atoms with van der Waals surface area (Å²) in [5, 5.41) is 13.2. The number of aliphatic hydroxyl groups is 1. The average Bonchev–Trinajstić information content (AvgIpc) is 2.30. The second-order valence-electron chi connectivity index (χ2n) is 3.83. The number of likely N-dealkylation sites (N-methyl/N-ethyl adjacent to an activating group) is 1. The predicted molar refractivity (Wildman–Crippen MR) is 65.8 cm³/mol. The maximum Gasteiger partial charge on any atom is 0.0834 e. The lowest BCUT2D eigenvalue weighted by Gasteiger charge is -2.23. The fourth-order valence-electron chi connectivity index (χ4n) is 1.74. The van der Waals surface area contributed by atoms with Crippen molar-refractivity contribution in [2.24, 2.45) is 5.84 Å². The Kier molecular flexibility index (Phi) is 6.03. The van der Waals surface area contributed by atoms with E-state index in [-0.39, 0.29) is 6.04 Å². The molecule has 0 radical (unpaired) electrons. The molecule has 1 aromatic rings. The molecule has 0 aliphatic carbocycles. The zero-order valence-electron chi connectivity index (χ0n) is 9.69. The highest BCUT2D eigenvalue weighted by Crippen LogP contribution is 2.05. The first-order valence-corrected chi connectivity index (χ1v) is 5.66. The minimum atomic E-state index is -0.481. The van der Waals surface area contributed by atoms with Crippen molar-refractivity contribution in [1.29, 1.82) is 0 Å². The van der Waals surface area contributed by atoms with E-state index in [4.69, 9.17) is 5.84 Å². The Morgan fingerprint density at radius 1 is 1.31 bits per heavy atom. The van der Waals surface area contributed by atoms with E-state index in [0.29, 0.717) is 6.54 Å². The summed E-state index contributed by atoms with van der Waals surface area (Å²) in [6.07, 6.45) is 0.322. The Bertz CT molecular complexity index is 279. The Labute approximate surface area is 96.8 Å². The standard InChI is InChI=1S/C12H21N3O/c1-2-14-11(12(16)9-15-13)8-10-6-4-3-5-7-10/h3-7,11-12,14-16H,2,8-9,13H2,1H3. The molecule has 0 aliphatic heterocycles. The van der Waals surface area contributed by atoms with Gasteiger partial charge in [0.25, 0.3) is 0 Å². The van der Waals surface area contributed by atoms with Gasteiger partial charge in [0.1, 0.15) is 0 Å². The summed E-state index contributed by atoms with van der Waals surface area (Å²) >= 11 is 0. The Morgan fingerprint density at radius 3 is 2.56 bits per heavy atom. The average molecular weight is 223 g/mol. The summed E-state index contributed by atoms with van der Waals surface area (Å²) in [4.78, 5) is 0. The number of hydrazine groups is 1. The summed E-state index contributed by atoms with van der Waals surface area (Å²) in [5.41, 5.74) is 3.71. The van der Waals surface area contributed by atoms with Gasteiger partial charge in [-0.1, -0.05) is 37.3 Å². The third kappa shape index (κ3) is 4.28. The molecule has 0 fully saturated rings. The molecule has 0 bridgehead atoms. The van der Waals surface area contributed by atoms with Crippen LogP contribution in [0.2, 0.25) is 0 Å². The third-order valence-corrected chi connectivity index (χ3v) is 2.56. The number of nitrogens with two attached hydrogens (primary N) is 1. The van der Waals surface area contributed by atoms with Crippen molar-refractivity contribution in [2.45, 2.75) is 25.5 Å². The van der Waals surface area contributed by atoms with Crippen LogP contribution < -0.4 is 16.6 Å². The van der Waals surface area contributed by atoms with Crippen molar-refractivity contribution in [1.82, 2.24) is 10.7 Å². The normalized spacial score (nSPS) is 14.7. The summed E-state index contributed by atoms with van der Waals surface area (Å²) in [6, 6.07) is 10.2. The molecule has 0 saturated carbocycles. The van der Waals surface area contributed by atoms with Crippen LogP contribution in [0.25, 0.3) is 0 Å². The van der Waals surface area contributed by atoms with Crippen molar-refractivity contribution in [3.8, 4) is 0 Å². The van der Waals surface area contributed by atoms with Crippen LogP contribution in [0.3, 0.4) is 0 Å². The molecule has 0 amide bonds. The largest absolute Gasteiger partial charge is 0.390 e. The van der Waals surface area contributed by atoms with Crippen LogP contribution in [0.15, 0.2) is 30.3 Å². The van der Waals surface area contributed by atoms with Crippen molar-refractivity contribution >= 4 is 0 Å². The maximum atomic E-state index is 9.90. The van der Waals surface area contributed by atoms with Crippen LogP contribution in [0.1, 0.15) is 12.5 Å². The fourth-order valence-corrected chi connectivity index (χ4v) is 1.74. The molecule has 1 aromatic carbocycles.